The Labute approximate surface area is 103 Å². The molecule has 2 heterocycles. The Balaban J connectivity index is 2.48. The normalized spacial score (nSPS) is 13.2. The van der Waals surface area contributed by atoms with Gasteiger partial charge in [-0.05, 0) is 32.4 Å². The lowest BCUT2D eigenvalue weighted by molar-refractivity contribution is 0.582. The maximum atomic E-state index is 6.30. The van der Waals surface area contributed by atoms with Crippen LogP contribution in [0.25, 0.3) is 5.65 Å². The number of pyridine rings is 1. The fourth-order valence-electron chi connectivity index (χ4n) is 2.39. The summed E-state index contributed by atoms with van der Waals surface area (Å²) in [5, 5.41) is 0. The van der Waals surface area contributed by atoms with E-state index in [9.17, 15) is 0 Å². The molecular formula is C14H21N3. The molecule has 2 N–H and O–H groups in total. The Morgan fingerprint density at radius 2 is 2.12 bits per heavy atom. The summed E-state index contributed by atoms with van der Waals surface area (Å²) in [4.78, 5) is 4.59. The molecule has 1 atom stereocenters. The van der Waals surface area contributed by atoms with E-state index in [2.05, 4.69) is 29.3 Å². The first kappa shape index (κ1) is 12.1. The van der Waals surface area contributed by atoms with Gasteiger partial charge in [0.1, 0.15) is 5.65 Å². The molecule has 0 radical (unpaired) electrons. The molecule has 0 aliphatic rings. The molecule has 0 saturated heterocycles. The van der Waals surface area contributed by atoms with Crippen LogP contribution in [0.15, 0.2) is 18.2 Å². The molecule has 3 heteroatoms. The van der Waals surface area contributed by atoms with Crippen molar-refractivity contribution in [3.05, 3.63) is 35.3 Å². The molecule has 1 unspecified atom stereocenters. The van der Waals surface area contributed by atoms with Crippen LogP contribution in [-0.4, -0.2) is 9.38 Å². The third-order valence-corrected chi connectivity index (χ3v) is 3.28. The third-order valence-electron chi connectivity index (χ3n) is 3.28. The zero-order valence-electron chi connectivity index (χ0n) is 10.9. The zero-order chi connectivity index (χ0) is 12.4. The number of imidazole rings is 1. The summed E-state index contributed by atoms with van der Waals surface area (Å²) < 4.78 is 2.19. The number of fused-ring (bicyclic) bond motifs is 1. The summed E-state index contributed by atoms with van der Waals surface area (Å²) in [6.45, 7) is 6.34. The largest absolute Gasteiger partial charge is 0.323 e. The average molecular weight is 231 g/mol. The first-order chi connectivity index (χ1) is 8.15. The minimum Gasteiger partial charge on any atom is -0.323 e. The van der Waals surface area contributed by atoms with Crippen molar-refractivity contribution in [2.75, 3.05) is 0 Å². The van der Waals surface area contributed by atoms with Crippen LogP contribution in [0.1, 0.15) is 49.3 Å². The number of rotatable bonds is 4. The Bertz CT molecular complexity index is 513. The van der Waals surface area contributed by atoms with Crippen LogP contribution in [0, 0.1) is 13.8 Å². The summed E-state index contributed by atoms with van der Waals surface area (Å²) in [5.74, 6) is 0. The van der Waals surface area contributed by atoms with Gasteiger partial charge >= 0.3 is 0 Å². The maximum absolute atomic E-state index is 6.30. The van der Waals surface area contributed by atoms with Crippen molar-refractivity contribution >= 4 is 5.65 Å². The predicted molar refractivity (Wildman–Crippen MR) is 71.1 cm³/mol. The van der Waals surface area contributed by atoms with Crippen LogP contribution in [0.2, 0.25) is 0 Å². The van der Waals surface area contributed by atoms with Crippen molar-refractivity contribution < 1.29 is 0 Å². The van der Waals surface area contributed by atoms with Gasteiger partial charge in [-0.2, -0.15) is 0 Å². The van der Waals surface area contributed by atoms with Gasteiger partial charge in [0, 0.05) is 11.7 Å². The monoisotopic (exact) mass is 231 g/mol. The van der Waals surface area contributed by atoms with Gasteiger partial charge in [0.25, 0.3) is 0 Å². The van der Waals surface area contributed by atoms with E-state index in [0.29, 0.717) is 0 Å². The van der Waals surface area contributed by atoms with Gasteiger partial charge in [0.2, 0.25) is 0 Å². The van der Waals surface area contributed by atoms with E-state index in [-0.39, 0.29) is 6.04 Å². The minimum absolute atomic E-state index is 0.0889. The van der Waals surface area contributed by atoms with Crippen molar-refractivity contribution in [3.8, 4) is 0 Å². The molecule has 0 spiro atoms. The molecule has 92 valence electrons. The molecule has 0 aliphatic heterocycles. The first-order valence-corrected chi connectivity index (χ1v) is 6.35. The molecule has 2 aromatic rings. The van der Waals surface area contributed by atoms with E-state index in [4.69, 9.17) is 5.73 Å². The predicted octanol–water partition coefficient (Wildman–Crippen LogP) is 3.14. The van der Waals surface area contributed by atoms with Crippen LogP contribution in [0.5, 0.6) is 0 Å². The van der Waals surface area contributed by atoms with Gasteiger partial charge in [-0.1, -0.05) is 25.8 Å². The number of aromatic nitrogens is 2. The number of nitrogens with zero attached hydrogens (tertiary/aromatic N) is 2. The molecule has 17 heavy (non-hydrogen) atoms. The topological polar surface area (TPSA) is 43.3 Å². The van der Waals surface area contributed by atoms with Crippen molar-refractivity contribution in [1.82, 2.24) is 9.38 Å². The quantitative estimate of drug-likeness (QED) is 0.878. The van der Waals surface area contributed by atoms with E-state index in [1.807, 2.05) is 19.1 Å². The van der Waals surface area contributed by atoms with Gasteiger partial charge in [0.05, 0.1) is 11.4 Å². The highest BCUT2D eigenvalue weighted by Gasteiger charge is 2.16. The highest BCUT2D eigenvalue weighted by atomic mass is 15.0. The molecule has 0 saturated carbocycles. The smallest absolute Gasteiger partial charge is 0.137 e. The summed E-state index contributed by atoms with van der Waals surface area (Å²) in [5.41, 5.74) is 10.7. The molecule has 0 amide bonds. The van der Waals surface area contributed by atoms with Crippen LogP contribution in [0.4, 0.5) is 0 Å². The highest BCUT2D eigenvalue weighted by Crippen LogP contribution is 2.23. The highest BCUT2D eigenvalue weighted by molar-refractivity contribution is 5.45. The Hall–Kier alpha value is -1.35. The standard InChI is InChI=1S/C14H21N3/c1-4-5-8-12(15)14-11(3)16-13-9-6-7-10(2)17(13)14/h6-7,9,12H,4-5,8,15H2,1-3H3. The first-order valence-electron chi connectivity index (χ1n) is 6.35. The van der Waals surface area contributed by atoms with Gasteiger partial charge in [0.15, 0.2) is 0 Å². The van der Waals surface area contributed by atoms with Crippen LogP contribution >= 0.6 is 0 Å². The number of aryl methyl sites for hydroxylation is 2. The van der Waals surface area contributed by atoms with Gasteiger partial charge < -0.3 is 5.73 Å². The second kappa shape index (κ2) is 4.88. The van der Waals surface area contributed by atoms with E-state index in [1.54, 1.807) is 0 Å². The Morgan fingerprint density at radius 3 is 2.82 bits per heavy atom. The summed E-state index contributed by atoms with van der Waals surface area (Å²) >= 11 is 0. The molecule has 0 aliphatic carbocycles. The number of unbranched alkanes of at least 4 members (excludes halogenated alkanes) is 1. The van der Waals surface area contributed by atoms with E-state index < -0.39 is 0 Å². The van der Waals surface area contributed by atoms with Gasteiger partial charge in [-0.3, -0.25) is 4.40 Å². The average Bonchev–Trinajstić information content (AvgIpc) is 2.64. The lowest BCUT2D eigenvalue weighted by atomic mass is 10.1. The van der Waals surface area contributed by atoms with Gasteiger partial charge in [-0.15, -0.1) is 0 Å². The van der Waals surface area contributed by atoms with Crippen molar-refractivity contribution in [2.24, 2.45) is 5.73 Å². The van der Waals surface area contributed by atoms with Crippen molar-refractivity contribution in [1.29, 1.82) is 0 Å². The van der Waals surface area contributed by atoms with Crippen LogP contribution in [0.3, 0.4) is 0 Å². The molecule has 2 rings (SSSR count). The summed E-state index contributed by atoms with van der Waals surface area (Å²) in [6, 6.07) is 6.27. The third kappa shape index (κ3) is 2.20. The molecule has 0 fully saturated rings. The summed E-state index contributed by atoms with van der Waals surface area (Å²) in [6.07, 6.45) is 3.38. The lowest BCUT2D eigenvalue weighted by Crippen LogP contribution is -2.14. The fourth-order valence-corrected chi connectivity index (χ4v) is 2.39. The zero-order valence-corrected chi connectivity index (χ0v) is 10.9. The van der Waals surface area contributed by atoms with E-state index in [0.717, 1.165) is 17.8 Å². The van der Waals surface area contributed by atoms with Crippen molar-refractivity contribution in [3.63, 3.8) is 0 Å². The number of hydrogen-bond acceptors (Lipinski definition) is 2. The molecule has 2 aromatic heterocycles. The minimum atomic E-state index is 0.0889. The van der Waals surface area contributed by atoms with E-state index >= 15 is 0 Å². The van der Waals surface area contributed by atoms with Crippen LogP contribution < -0.4 is 5.73 Å². The lowest BCUT2D eigenvalue weighted by Gasteiger charge is -2.13. The SMILES string of the molecule is CCCCC(N)c1c(C)nc2cccc(C)n12. The molecule has 3 nitrogen and oxygen atoms in total. The fraction of sp³-hybridized carbons (Fsp3) is 0.500. The van der Waals surface area contributed by atoms with Crippen molar-refractivity contribution in [2.45, 2.75) is 46.1 Å². The maximum Gasteiger partial charge on any atom is 0.137 e. The molecular weight excluding hydrogens is 210 g/mol. The Kier molecular flexibility index (Phi) is 3.48. The molecule has 0 bridgehead atoms. The number of hydrogen-bond donors (Lipinski definition) is 1. The summed E-state index contributed by atoms with van der Waals surface area (Å²) in [7, 11) is 0. The second-order valence-electron chi connectivity index (χ2n) is 4.69. The van der Waals surface area contributed by atoms with E-state index in [1.165, 1.54) is 24.2 Å². The molecule has 0 aromatic carbocycles. The van der Waals surface area contributed by atoms with Gasteiger partial charge in [-0.25, -0.2) is 4.98 Å². The number of nitrogens with two attached hydrogens (primary N) is 1. The second-order valence-corrected chi connectivity index (χ2v) is 4.69. The van der Waals surface area contributed by atoms with Crippen LogP contribution in [-0.2, 0) is 0 Å². The Morgan fingerprint density at radius 1 is 1.35 bits per heavy atom.